The van der Waals surface area contributed by atoms with Crippen LogP contribution >= 0.6 is 23.2 Å². The molecular weight excluding hydrogens is 383 g/mol. The fourth-order valence-corrected chi connectivity index (χ4v) is 4.01. The average Bonchev–Trinajstić information content (AvgIpc) is 2.44. The third-order valence-corrected chi connectivity index (χ3v) is 5.20. The van der Waals surface area contributed by atoms with Crippen molar-refractivity contribution in [3.8, 4) is 0 Å². The van der Waals surface area contributed by atoms with Gasteiger partial charge in [-0.25, -0.2) is 13.1 Å². The maximum Gasteiger partial charge on any atom is 0.255 e. The molecule has 2 aromatic rings. The highest BCUT2D eigenvalue weighted by molar-refractivity contribution is 7.89. The molecule has 0 fully saturated rings. The minimum Gasteiger partial charge on any atom is -0.322 e. The highest BCUT2D eigenvalue weighted by Gasteiger charge is 2.21. The molecule has 0 spiro atoms. The number of carbonyl (C=O) groups excluding carboxylic acids is 1. The van der Waals surface area contributed by atoms with Crippen molar-refractivity contribution in [1.82, 2.24) is 4.72 Å². The molecular formula is C17H18Cl2N2O3S. The third-order valence-electron chi connectivity index (χ3n) is 2.99. The molecule has 0 aliphatic heterocycles. The van der Waals surface area contributed by atoms with Crippen LogP contribution in [0.5, 0.6) is 0 Å². The molecule has 0 bridgehead atoms. The summed E-state index contributed by atoms with van der Waals surface area (Å²) in [5, 5.41) is 3.38. The van der Waals surface area contributed by atoms with Gasteiger partial charge in [-0.05, 0) is 63.2 Å². The number of hydrogen-bond donors (Lipinski definition) is 2. The van der Waals surface area contributed by atoms with Crippen LogP contribution in [0.2, 0.25) is 10.0 Å². The molecule has 0 atom stereocenters. The molecule has 0 saturated carbocycles. The van der Waals surface area contributed by atoms with Crippen molar-refractivity contribution in [3.63, 3.8) is 0 Å². The third kappa shape index (κ3) is 5.71. The van der Waals surface area contributed by atoms with Crippen molar-refractivity contribution in [2.24, 2.45) is 0 Å². The summed E-state index contributed by atoms with van der Waals surface area (Å²) in [6.07, 6.45) is 0. The molecule has 2 N–H and O–H groups in total. The number of nitrogens with one attached hydrogen (secondary N) is 2. The van der Waals surface area contributed by atoms with Crippen LogP contribution in [0.1, 0.15) is 31.1 Å². The smallest absolute Gasteiger partial charge is 0.255 e. The standard InChI is InChI=1S/C17H18Cl2N2O3S/c1-17(2,3)21-25(23,24)15-6-4-14(5-7-15)20-16(22)11-8-12(18)10-13(19)9-11/h4-10,21H,1-3H3,(H,20,22). The molecule has 0 heterocycles. The largest absolute Gasteiger partial charge is 0.322 e. The topological polar surface area (TPSA) is 75.3 Å². The van der Waals surface area contributed by atoms with Crippen molar-refractivity contribution >= 4 is 44.8 Å². The van der Waals surface area contributed by atoms with E-state index in [0.29, 0.717) is 21.3 Å². The maximum absolute atomic E-state index is 12.2. The second-order valence-electron chi connectivity index (χ2n) is 6.49. The highest BCUT2D eigenvalue weighted by atomic mass is 35.5. The van der Waals surface area contributed by atoms with Crippen molar-refractivity contribution in [2.75, 3.05) is 5.32 Å². The Bertz CT molecular complexity index is 869. The normalized spacial score (nSPS) is 12.0. The SMILES string of the molecule is CC(C)(C)NS(=O)(=O)c1ccc(NC(=O)c2cc(Cl)cc(Cl)c2)cc1. The zero-order valence-electron chi connectivity index (χ0n) is 13.9. The van der Waals surface area contributed by atoms with Gasteiger partial charge in [-0.3, -0.25) is 4.79 Å². The molecule has 25 heavy (non-hydrogen) atoms. The lowest BCUT2D eigenvalue weighted by molar-refractivity contribution is 0.102. The van der Waals surface area contributed by atoms with Crippen LogP contribution < -0.4 is 10.0 Å². The van der Waals surface area contributed by atoms with E-state index in [1.165, 1.54) is 42.5 Å². The number of sulfonamides is 1. The average molecular weight is 401 g/mol. The molecule has 0 unspecified atom stereocenters. The van der Waals surface area contributed by atoms with E-state index >= 15 is 0 Å². The number of hydrogen-bond acceptors (Lipinski definition) is 3. The Morgan fingerprint density at radius 2 is 1.48 bits per heavy atom. The van der Waals surface area contributed by atoms with Gasteiger partial charge < -0.3 is 5.32 Å². The lowest BCUT2D eigenvalue weighted by Crippen LogP contribution is -2.40. The fraction of sp³-hybridized carbons (Fsp3) is 0.235. The van der Waals surface area contributed by atoms with E-state index in [9.17, 15) is 13.2 Å². The number of anilines is 1. The molecule has 8 heteroatoms. The summed E-state index contributed by atoms with van der Waals surface area (Å²) < 4.78 is 27.1. The van der Waals surface area contributed by atoms with Crippen molar-refractivity contribution < 1.29 is 13.2 Å². The number of amides is 1. The van der Waals surface area contributed by atoms with E-state index in [4.69, 9.17) is 23.2 Å². The Hall–Kier alpha value is -1.60. The first kappa shape index (κ1) is 19.7. The molecule has 134 valence electrons. The summed E-state index contributed by atoms with van der Waals surface area (Å²) in [6.45, 7) is 5.28. The number of carbonyl (C=O) groups is 1. The lowest BCUT2D eigenvalue weighted by atomic mass is 10.1. The first-order chi connectivity index (χ1) is 11.5. The van der Waals surface area contributed by atoms with Gasteiger partial charge in [0.05, 0.1) is 4.90 Å². The van der Waals surface area contributed by atoms with E-state index in [-0.39, 0.29) is 4.90 Å². The van der Waals surface area contributed by atoms with Crippen molar-refractivity contribution in [2.45, 2.75) is 31.2 Å². The number of benzene rings is 2. The zero-order chi connectivity index (χ0) is 18.8. The molecule has 2 rings (SSSR count). The van der Waals surface area contributed by atoms with Crippen molar-refractivity contribution in [3.05, 3.63) is 58.1 Å². The van der Waals surface area contributed by atoms with E-state index in [1.807, 2.05) is 0 Å². The number of rotatable bonds is 4. The Kier molecular flexibility index (Phi) is 5.79. The van der Waals surface area contributed by atoms with Crippen LogP contribution in [0, 0.1) is 0 Å². The second kappa shape index (κ2) is 7.33. The molecule has 0 aromatic heterocycles. The lowest BCUT2D eigenvalue weighted by Gasteiger charge is -2.20. The summed E-state index contributed by atoms with van der Waals surface area (Å²) in [7, 11) is -3.62. The minimum absolute atomic E-state index is 0.117. The van der Waals surface area contributed by atoms with Gasteiger partial charge in [0, 0.05) is 26.8 Å². The van der Waals surface area contributed by atoms with Crippen LogP contribution in [0.25, 0.3) is 0 Å². The van der Waals surface area contributed by atoms with Gasteiger partial charge >= 0.3 is 0 Å². The van der Waals surface area contributed by atoms with Crippen LogP contribution in [-0.2, 0) is 10.0 Å². The molecule has 5 nitrogen and oxygen atoms in total. The summed E-state index contributed by atoms with van der Waals surface area (Å²) >= 11 is 11.8. The molecule has 0 radical (unpaired) electrons. The first-order valence-electron chi connectivity index (χ1n) is 7.38. The van der Waals surface area contributed by atoms with Gasteiger partial charge in [-0.15, -0.1) is 0 Å². The highest BCUT2D eigenvalue weighted by Crippen LogP contribution is 2.21. The predicted octanol–water partition coefficient (Wildman–Crippen LogP) is 4.32. The second-order valence-corrected chi connectivity index (χ2v) is 9.05. The van der Waals surface area contributed by atoms with E-state index < -0.39 is 21.5 Å². The van der Waals surface area contributed by atoms with Gasteiger partial charge in [-0.2, -0.15) is 0 Å². The van der Waals surface area contributed by atoms with E-state index in [2.05, 4.69) is 10.0 Å². The van der Waals surface area contributed by atoms with Crippen LogP contribution in [0.4, 0.5) is 5.69 Å². The van der Waals surface area contributed by atoms with E-state index in [0.717, 1.165) is 0 Å². The Balaban J connectivity index is 2.16. The van der Waals surface area contributed by atoms with Gasteiger partial charge in [0.2, 0.25) is 10.0 Å². The monoisotopic (exact) mass is 400 g/mol. The fourth-order valence-electron chi connectivity index (χ4n) is 2.07. The zero-order valence-corrected chi connectivity index (χ0v) is 16.3. The quantitative estimate of drug-likeness (QED) is 0.801. The predicted molar refractivity (Wildman–Crippen MR) is 101 cm³/mol. The van der Waals surface area contributed by atoms with Crippen LogP contribution in [-0.4, -0.2) is 19.9 Å². The van der Waals surface area contributed by atoms with Crippen molar-refractivity contribution in [1.29, 1.82) is 0 Å². The Morgan fingerprint density at radius 3 is 1.96 bits per heavy atom. The van der Waals surface area contributed by atoms with Gasteiger partial charge in [0.1, 0.15) is 0 Å². The Morgan fingerprint density at radius 1 is 0.960 bits per heavy atom. The summed E-state index contributed by atoms with van der Waals surface area (Å²) in [6, 6.07) is 10.4. The molecule has 0 aliphatic rings. The molecule has 2 aromatic carbocycles. The van der Waals surface area contributed by atoms with Crippen LogP contribution in [0.15, 0.2) is 47.4 Å². The van der Waals surface area contributed by atoms with Gasteiger partial charge in [-0.1, -0.05) is 23.2 Å². The number of halogens is 2. The van der Waals surface area contributed by atoms with E-state index in [1.54, 1.807) is 20.8 Å². The summed E-state index contributed by atoms with van der Waals surface area (Å²) in [5.74, 6) is -0.396. The maximum atomic E-state index is 12.2. The minimum atomic E-state index is -3.62. The Labute approximate surface area is 157 Å². The summed E-state index contributed by atoms with van der Waals surface area (Å²) in [4.78, 5) is 12.3. The summed E-state index contributed by atoms with van der Waals surface area (Å²) in [5.41, 5.74) is 0.178. The van der Waals surface area contributed by atoms with Crippen LogP contribution in [0.3, 0.4) is 0 Å². The molecule has 0 saturated heterocycles. The molecule has 1 amide bonds. The van der Waals surface area contributed by atoms with Gasteiger partial charge in [0.25, 0.3) is 5.91 Å². The van der Waals surface area contributed by atoms with Gasteiger partial charge in [0.15, 0.2) is 0 Å². The molecule has 0 aliphatic carbocycles. The first-order valence-corrected chi connectivity index (χ1v) is 9.62.